The summed E-state index contributed by atoms with van der Waals surface area (Å²) in [5, 5.41) is 20.0. The van der Waals surface area contributed by atoms with Crippen molar-refractivity contribution in [2.24, 2.45) is 0 Å². The van der Waals surface area contributed by atoms with Crippen molar-refractivity contribution in [2.45, 2.75) is 18.5 Å². The van der Waals surface area contributed by atoms with E-state index in [2.05, 4.69) is 0 Å². The van der Waals surface area contributed by atoms with E-state index < -0.39 is 43.5 Å². The van der Waals surface area contributed by atoms with E-state index >= 15 is 0 Å². The maximum atomic E-state index is 12.3. The topological polar surface area (TPSA) is 98.7 Å². The highest BCUT2D eigenvalue weighted by atomic mass is 19.3. The molecule has 0 fully saturated rings. The van der Waals surface area contributed by atoms with E-state index in [1.165, 1.54) is 5.32 Å². The van der Waals surface area contributed by atoms with Gasteiger partial charge in [-0.3, -0.25) is 0 Å². The third-order valence-corrected chi connectivity index (χ3v) is 1.54. The number of nitrogens with one attached hydrogen (secondary N) is 2. The number of urea groups is 1. The Hall–Kier alpha value is -1.58. The third kappa shape index (κ3) is 5.90. The van der Waals surface area contributed by atoms with Gasteiger partial charge >= 0.3 is 24.3 Å². The zero-order chi connectivity index (χ0) is 13.6. The summed E-state index contributed by atoms with van der Waals surface area (Å²) >= 11 is 0. The molecule has 0 aromatic rings. The number of carbonyl (C=O) groups is 2. The zero-order valence-electron chi connectivity index (χ0n) is 8.29. The fourth-order valence-electron chi connectivity index (χ4n) is 0.614. The lowest BCUT2D eigenvalue weighted by Crippen LogP contribution is -2.47. The Morgan fingerprint density at radius 2 is 1.76 bits per heavy atom. The van der Waals surface area contributed by atoms with Gasteiger partial charge in [0, 0.05) is 0 Å². The number of alkyl halides is 4. The van der Waals surface area contributed by atoms with Crippen LogP contribution in [0.2, 0.25) is 0 Å². The number of aliphatic hydroxyl groups is 1. The minimum absolute atomic E-state index is 0.735. The van der Waals surface area contributed by atoms with E-state index in [1.807, 2.05) is 0 Å². The number of aliphatic hydroxyl groups excluding tert-OH is 1. The molecule has 1 atom stereocenters. The summed E-state index contributed by atoms with van der Waals surface area (Å²) in [6.45, 7) is -2.33. The second kappa shape index (κ2) is 6.23. The first-order valence-corrected chi connectivity index (χ1v) is 4.25. The number of carboxylic acids is 1. The van der Waals surface area contributed by atoms with Crippen LogP contribution in [-0.4, -0.2) is 53.8 Å². The normalized spacial score (nSPS) is 13.3. The first-order chi connectivity index (χ1) is 7.66. The van der Waals surface area contributed by atoms with Gasteiger partial charge in [0.1, 0.15) is 0 Å². The van der Waals surface area contributed by atoms with Gasteiger partial charge in [-0.05, 0) is 0 Å². The fraction of sp³-hybridized carbons (Fsp3) is 0.714. The van der Waals surface area contributed by atoms with Crippen LogP contribution in [0.15, 0.2) is 0 Å². The van der Waals surface area contributed by atoms with Gasteiger partial charge in [0.15, 0.2) is 6.10 Å². The molecule has 0 radical (unpaired) electrons. The third-order valence-electron chi connectivity index (χ3n) is 1.54. The van der Waals surface area contributed by atoms with Crippen LogP contribution >= 0.6 is 0 Å². The quantitative estimate of drug-likeness (QED) is 0.491. The molecule has 2 amide bonds. The molecule has 0 heterocycles. The van der Waals surface area contributed by atoms with E-state index in [9.17, 15) is 27.2 Å². The van der Waals surface area contributed by atoms with Crippen molar-refractivity contribution in [1.29, 1.82) is 0 Å². The lowest BCUT2D eigenvalue weighted by Gasteiger charge is -2.16. The van der Waals surface area contributed by atoms with Crippen LogP contribution in [0.4, 0.5) is 22.4 Å². The number of carboxylic acid groups (broad SMARTS) is 1. The van der Waals surface area contributed by atoms with Crippen molar-refractivity contribution >= 4 is 12.0 Å². The lowest BCUT2D eigenvalue weighted by atomic mass is 10.3. The van der Waals surface area contributed by atoms with Gasteiger partial charge in [0.05, 0.1) is 13.1 Å². The number of hydrogen-bond donors (Lipinski definition) is 4. The van der Waals surface area contributed by atoms with Crippen molar-refractivity contribution in [2.75, 3.05) is 13.1 Å². The summed E-state index contributed by atoms with van der Waals surface area (Å²) < 4.78 is 47.9. The highest BCUT2D eigenvalue weighted by Crippen LogP contribution is 2.21. The fourth-order valence-corrected chi connectivity index (χ4v) is 0.614. The van der Waals surface area contributed by atoms with Gasteiger partial charge in [0.2, 0.25) is 0 Å². The van der Waals surface area contributed by atoms with Gasteiger partial charge in [-0.1, -0.05) is 0 Å². The summed E-state index contributed by atoms with van der Waals surface area (Å²) in [5.41, 5.74) is 0. The molecule has 0 aromatic carbocycles. The SMILES string of the molecule is O=C(NCC(O)C(=O)O)NCC(F)(F)C(F)F. The number of aliphatic carboxylic acids is 1. The lowest BCUT2D eigenvalue weighted by molar-refractivity contribution is -0.146. The highest BCUT2D eigenvalue weighted by molar-refractivity contribution is 5.76. The molecule has 1 unspecified atom stereocenters. The average Bonchev–Trinajstić information content (AvgIpc) is 2.22. The first-order valence-electron chi connectivity index (χ1n) is 4.25. The number of rotatable bonds is 6. The molecule has 100 valence electrons. The molecular formula is C7H10F4N2O4. The van der Waals surface area contributed by atoms with E-state index in [4.69, 9.17) is 10.2 Å². The van der Waals surface area contributed by atoms with Gasteiger partial charge in [0.25, 0.3) is 0 Å². The molecule has 0 rings (SSSR count). The van der Waals surface area contributed by atoms with E-state index in [0.29, 0.717) is 0 Å². The molecule has 0 spiro atoms. The molecule has 0 aliphatic carbocycles. The number of halogens is 4. The molecule has 0 aromatic heterocycles. The molecule has 6 nitrogen and oxygen atoms in total. The number of hydrogen-bond acceptors (Lipinski definition) is 3. The Morgan fingerprint density at radius 3 is 2.18 bits per heavy atom. The minimum Gasteiger partial charge on any atom is -0.479 e. The maximum Gasteiger partial charge on any atom is 0.334 e. The van der Waals surface area contributed by atoms with Gasteiger partial charge in [-0.25, -0.2) is 18.4 Å². The molecule has 4 N–H and O–H groups in total. The summed E-state index contributed by atoms with van der Waals surface area (Å²) in [6, 6.07) is -1.29. The van der Waals surface area contributed by atoms with Crippen LogP contribution in [0.25, 0.3) is 0 Å². The van der Waals surface area contributed by atoms with Crippen LogP contribution < -0.4 is 10.6 Å². The van der Waals surface area contributed by atoms with E-state index in [1.54, 1.807) is 5.32 Å². The van der Waals surface area contributed by atoms with Crippen molar-refractivity contribution < 1.29 is 37.4 Å². The number of amides is 2. The smallest absolute Gasteiger partial charge is 0.334 e. The van der Waals surface area contributed by atoms with Crippen LogP contribution in [0.1, 0.15) is 0 Å². The van der Waals surface area contributed by atoms with Crippen LogP contribution in [0.3, 0.4) is 0 Å². The van der Waals surface area contributed by atoms with Crippen LogP contribution in [-0.2, 0) is 4.79 Å². The van der Waals surface area contributed by atoms with E-state index in [-0.39, 0.29) is 0 Å². The molecule has 0 aliphatic rings. The monoisotopic (exact) mass is 262 g/mol. The molecule has 0 saturated heterocycles. The van der Waals surface area contributed by atoms with Crippen LogP contribution in [0, 0.1) is 0 Å². The standard InChI is InChI=1S/C7H10F4N2O4/c8-5(9)7(10,11)2-13-6(17)12-1-3(14)4(15)16/h3,5,14H,1-2H2,(H,15,16)(H2,12,13,17). The minimum atomic E-state index is -4.37. The molecule has 0 saturated carbocycles. The number of carbonyl (C=O) groups excluding carboxylic acids is 1. The van der Waals surface area contributed by atoms with Crippen LogP contribution in [0.5, 0.6) is 0 Å². The highest BCUT2D eigenvalue weighted by Gasteiger charge is 2.40. The second-order valence-electron chi connectivity index (χ2n) is 2.98. The Bertz CT molecular complexity index is 287. The Kier molecular flexibility index (Phi) is 5.65. The molecule has 10 heteroatoms. The van der Waals surface area contributed by atoms with Gasteiger partial charge in [-0.15, -0.1) is 0 Å². The molecule has 0 bridgehead atoms. The van der Waals surface area contributed by atoms with Gasteiger partial charge in [-0.2, -0.15) is 8.78 Å². The molecule has 0 aliphatic heterocycles. The van der Waals surface area contributed by atoms with Crippen molar-refractivity contribution in [3.63, 3.8) is 0 Å². The summed E-state index contributed by atoms with van der Waals surface area (Å²) in [5.74, 6) is -5.99. The molecular weight excluding hydrogens is 252 g/mol. The van der Waals surface area contributed by atoms with E-state index in [0.717, 1.165) is 0 Å². The predicted molar refractivity (Wildman–Crippen MR) is 46.0 cm³/mol. The van der Waals surface area contributed by atoms with Crippen molar-refractivity contribution in [3.8, 4) is 0 Å². The average molecular weight is 262 g/mol. The zero-order valence-corrected chi connectivity index (χ0v) is 8.29. The maximum absolute atomic E-state index is 12.3. The van der Waals surface area contributed by atoms with Gasteiger partial charge < -0.3 is 20.8 Å². The summed E-state index contributed by atoms with van der Waals surface area (Å²) in [7, 11) is 0. The van der Waals surface area contributed by atoms with Crippen molar-refractivity contribution in [3.05, 3.63) is 0 Å². The van der Waals surface area contributed by atoms with Crippen molar-refractivity contribution in [1.82, 2.24) is 10.6 Å². The molecule has 17 heavy (non-hydrogen) atoms. The predicted octanol–water partition coefficient (Wildman–Crippen LogP) is -0.369. The Balaban J connectivity index is 3.93. The summed E-state index contributed by atoms with van der Waals surface area (Å²) in [4.78, 5) is 20.8. The Morgan fingerprint density at radius 1 is 1.24 bits per heavy atom. The summed E-state index contributed by atoms with van der Waals surface area (Å²) in [6.07, 6.45) is -5.83. The largest absolute Gasteiger partial charge is 0.479 e. The Labute approximate surface area is 92.6 Å². The first kappa shape index (κ1) is 15.4. The second-order valence-corrected chi connectivity index (χ2v) is 2.98.